The number of carbonyl (C=O) groups is 2. The van der Waals surface area contributed by atoms with Crippen molar-refractivity contribution in [2.75, 3.05) is 87.2 Å². The van der Waals surface area contributed by atoms with Crippen LogP contribution in [0.4, 0.5) is 0 Å². The highest BCUT2D eigenvalue weighted by Crippen LogP contribution is 2.22. The van der Waals surface area contributed by atoms with Crippen LogP contribution in [0.3, 0.4) is 0 Å². The molecule has 2 N–H and O–H groups in total. The van der Waals surface area contributed by atoms with Crippen molar-refractivity contribution in [2.24, 2.45) is 0 Å². The monoisotopic (exact) mass is 676 g/mol. The highest BCUT2D eigenvalue weighted by molar-refractivity contribution is 8.28. The molecule has 0 heterocycles. The summed E-state index contributed by atoms with van der Waals surface area (Å²) >= 11 is 11.8. The maximum atomic E-state index is 12.1. The molecule has 0 aromatic carbocycles. The maximum Gasteiger partial charge on any atom is 0.306 e. The number of aliphatic hydroxyl groups excluding tert-OH is 2. The summed E-state index contributed by atoms with van der Waals surface area (Å²) in [6.45, 7) is 0.606. The minimum absolute atomic E-state index is 0.0394. The smallest absolute Gasteiger partial charge is 0.306 e. The molecule has 0 aromatic heterocycles. The number of rotatable bonds is 29. The molecule has 0 spiro atoms. The van der Waals surface area contributed by atoms with Crippen molar-refractivity contribution in [1.29, 1.82) is 0 Å². The van der Waals surface area contributed by atoms with E-state index in [1.54, 1.807) is 58.8 Å². The van der Waals surface area contributed by atoms with E-state index in [1.165, 1.54) is 11.8 Å². The van der Waals surface area contributed by atoms with E-state index < -0.39 is 10.8 Å². The molecular weight excluding hydrogens is 637 g/mol. The predicted octanol–water partition coefficient (Wildman–Crippen LogP) is 4.22. The number of hydrogen-bond acceptors (Lipinski definition) is 15. The third-order valence-corrected chi connectivity index (χ3v) is 14.0. The first-order valence-corrected chi connectivity index (χ1v) is 21.1. The lowest BCUT2D eigenvalue weighted by molar-refractivity contribution is -0.297. The van der Waals surface area contributed by atoms with E-state index in [0.717, 1.165) is 50.4 Å². The zero-order valence-electron chi connectivity index (χ0n) is 21.0. The third-order valence-electron chi connectivity index (χ3n) is 3.71. The van der Waals surface area contributed by atoms with Gasteiger partial charge in [-0.15, -0.1) is 23.5 Å². The van der Waals surface area contributed by atoms with Gasteiger partial charge in [0.15, 0.2) is 5.12 Å². The number of hydrogen-bond donors (Lipinski definition) is 2. The van der Waals surface area contributed by atoms with Crippen LogP contribution in [0.1, 0.15) is 25.7 Å². The molecule has 0 aliphatic rings. The van der Waals surface area contributed by atoms with Gasteiger partial charge in [-0.1, -0.05) is 11.8 Å². The number of aliphatic hydroxyl groups is 2. The summed E-state index contributed by atoms with van der Waals surface area (Å²) in [6, 6.07) is 0. The molecular formula is C21H40O8S8. The molecule has 1 atom stereocenters. The maximum absolute atomic E-state index is 12.1. The van der Waals surface area contributed by atoms with Crippen LogP contribution in [-0.4, -0.2) is 113 Å². The molecule has 0 fully saturated rings. The van der Waals surface area contributed by atoms with Gasteiger partial charge in [-0.2, -0.15) is 47.0 Å². The Morgan fingerprint density at radius 1 is 0.676 bits per heavy atom. The molecule has 1 unspecified atom stereocenters. The lowest BCUT2D eigenvalue weighted by Gasteiger charge is -2.05. The van der Waals surface area contributed by atoms with Crippen LogP contribution in [-0.2, 0) is 34.9 Å². The fourth-order valence-electron chi connectivity index (χ4n) is 2.05. The minimum Gasteiger partial charge on any atom is -0.463 e. The van der Waals surface area contributed by atoms with Gasteiger partial charge in [-0.05, 0) is 24.3 Å². The highest BCUT2D eigenvalue weighted by Gasteiger charge is 2.05. The highest BCUT2D eigenvalue weighted by atomic mass is 32.3. The van der Waals surface area contributed by atoms with Crippen molar-refractivity contribution >= 4 is 104 Å². The number of carbonyl (C=O) groups excluding carboxylic acids is 2. The van der Waals surface area contributed by atoms with Crippen molar-refractivity contribution in [2.45, 2.75) is 25.7 Å². The second-order valence-corrected chi connectivity index (χ2v) is 17.6. The Morgan fingerprint density at radius 2 is 1.30 bits per heavy atom. The molecule has 8 nitrogen and oxygen atoms in total. The average molecular weight is 677 g/mol. The van der Waals surface area contributed by atoms with E-state index in [4.69, 9.17) is 24.7 Å². The minimum atomic E-state index is -0.817. The van der Waals surface area contributed by atoms with E-state index in [0.29, 0.717) is 36.0 Å². The second kappa shape index (κ2) is 32.1. The Balaban J connectivity index is 3.31. The zero-order chi connectivity index (χ0) is 27.2. The molecule has 37 heavy (non-hydrogen) atoms. The molecule has 16 heteroatoms. The van der Waals surface area contributed by atoms with Crippen molar-refractivity contribution < 1.29 is 38.5 Å². The summed E-state index contributed by atoms with van der Waals surface area (Å²) in [5, 5.41) is 21.4. The van der Waals surface area contributed by atoms with Gasteiger partial charge < -0.3 is 14.9 Å². The van der Waals surface area contributed by atoms with Gasteiger partial charge in [0.05, 0.1) is 31.3 Å². The second-order valence-electron chi connectivity index (χ2n) is 6.81. The summed E-state index contributed by atoms with van der Waals surface area (Å²) in [5.74, 6) is 3.91. The summed E-state index contributed by atoms with van der Waals surface area (Å²) in [7, 11) is -0.817. The van der Waals surface area contributed by atoms with Gasteiger partial charge in [-0.3, -0.25) is 13.8 Å². The van der Waals surface area contributed by atoms with Crippen LogP contribution in [0.5, 0.6) is 0 Å². The summed E-state index contributed by atoms with van der Waals surface area (Å²) in [5.41, 5.74) is 0. The summed E-state index contributed by atoms with van der Waals surface area (Å²) in [4.78, 5) is 32.8. The Morgan fingerprint density at radius 3 is 2.03 bits per heavy atom. The molecule has 0 radical (unpaired) electrons. The van der Waals surface area contributed by atoms with Crippen LogP contribution in [0.25, 0.3) is 0 Å². The van der Waals surface area contributed by atoms with E-state index in [2.05, 4.69) is 0 Å². The summed E-state index contributed by atoms with van der Waals surface area (Å²) in [6.07, 6.45) is 2.75. The molecule has 0 saturated carbocycles. The first-order chi connectivity index (χ1) is 18.1. The fraction of sp³-hybridized carbons (Fsp3) is 0.905. The van der Waals surface area contributed by atoms with Crippen LogP contribution >= 0.6 is 82.3 Å². The Hall–Kier alpha value is 1.58. The number of esters is 1. The topological polar surface area (TPSA) is 119 Å². The molecule has 0 amide bonds. The van der Waals surface area contributed by atoms with E-state index >= 15 is 0 Å². The van der Waals surface area contributed by atoms with E-state index in [9.17, 15) is 13.8 Å². The van der Waals surface area contributed by atoms with Gasteiger partial charge in [0.1, 0.15) is 13.2 Å². The zero-order valence-corrected chi connectivity index (χ0v) is 27.6. The lowest BCUT2D eigenvalue weighted by Crippen LogP contribution is -2.08. The van der Waals surface area contributed by atoms with Gasteiger partial charge in [-0.25, -0.2) is 9.78 Å². The van der Waals surface area contributed by atoms with Crippen LogP contribution in [0.2, 0.25) is 0 Å². The van der Waals surface area contributed by atoms with Gasteiger partial charge in [0, 0.05) is 54.8 Å². The average Bonchev–Trinajstić information content (AvgIpc) is 2.89. The van der Waals surface area contributed by atoms with E-state index in [-0.39, 0.29) is 37.5 Å². The third kappa shape index (κ3) is 32.0. The molecule has 0 aliphatic heterocycles. The fourth-order valence-corrected chi connectivity index (χ4v) is 11.5. The Labute approximate surface area is 253 Å². The molecule has 220 valence electrons. The van der Waals surface area contributed by atoms with Gasteiger partial charge in [0.2, 0.25) is 0 Å². The van der Waals surface area contributed by atoms with Crippen LogP contribution < -0.4 is 0 Å². The van der Waals surface area contributed by atoms with Crippen molar-refractivity contribution in [3.05, 3.63) is 0 Å². The molecule has 0 aliphatic carbocycles. The molecule has 0 bridgehead atoms. The van der Waals surface area contributed by atoms with Gasteiger partial charge >= 0.3 is 5.97 Å². The predicted molar refractivity (Wildman–Crippen MR) is 170 cm³/mol. The number of ether oxygens (including phenoxy) is 1. The van der Waals surface area contributed by atoms with Gasteiger partial charge in [0.25, 0.3) is 0 Å². The largest absolute Gasteiger partial charge is 0.463 e. The Kier molecular flexibility index (Phi) is 33.5. The molecule has 0 saturated heterocycles. The SMILES string of the molecule is O=C(CCSCSCCCS(=O)CSCSCSC(=O)CCSCSCCCOOCCO)OCCO. The Bertz CT molecular complexity index is 563. The van der Waals surface area contributed by atoms with Crippen molar-refractivity contribution in [3.63, 3.8) is 0 Å². The lowest BCUT2D eigenvalue weighted by atomic mass is 10.5. The van der Waals surface area contributed by atoms with Crippen LogP contribution in [0, 0.1) is 0 Å². The molecule has 0 aromatic rings. The van der Waals surface area contributed by atoms with Crippen molar-refractivity contribution in [1.82, 2.24) is 0 Å². The standard InChI is InChI=1S/C21H40O8S8/c22-5-8-27-20(24)3-12-32-16-31-11-2-14-37(26)19-35-17-34-18-36-21(25)4-13-33-15-30-10-1-7-28-29-9-6-23/h22-23H,1-19H2. The summed E-state index contributed by atoms with van der Waals surface area (Å²) < 4.78 is 16.9. The normalized spacial score (nSPS) is 12.1. The number of thioether (sulfide) groups is 7. The quantitative estimate of drug-likeness (QED) is 0.0387. The van der Waals surface area contributed by atoms with E-state index in [1.807, 2.05) is 11.8 Å². The van der Waals surface area contributed by atoms with Crippen LogP contribution in [0.15, 0.2) is 0 Å². The molecule has 0 rings (SSSR count). The van der Waals surface area contributed by atoms with Crippen molar-refractivity contribution in [3.8, 4) is 0 Å². The first-order valence-electron chi connectivity index (χ1n) is 11.7. The first kappa shape index (κ1) is 38.6.